The zero-order valence-electron chi connectivity index (χ0n) is 12.4. The third-order valence-corrected chi connectivity index (χ3v) is 4.41. The van der Waals surface area contributed by atoms with Gasteiger partial charge in [-0.1, -0.05) is 19.9 Å². The molecule has 1 saturated heterocycles. The van der Waals surface area contributed by atoms with Crippen molar-refractivity contribution in [3.63, 3.8) is 0 Å². The van der Waals surface area contributed by atoms with Gasteiger partial charge in [0.25, 0.3) is 0 Å². The third-order valence-electron chi connectivity index (χ3n) is 3.87. The molecule has 1 aliphatic heterocycles. The Balaban J connectivity index is 1.65. The number of nitrogens with zero attached hydrogens (tertiary/aromatic N) is 3. The topological polar surface area (TPSA) is 58.1 Å². The second-order valence-corrected chi connectivity index (χ2v) is 6.65. The quantitative estimate of drug-likeness (QED) is 0.947. The average Bonchev–Trinajstić information content (AvgIpc) is 2.86. The van der Waals surface area contributed by atoms with Crippen molar-refractivity contribution in [3.05, 3.63) is 18.2 Å². The molecule has 112 valence electrons. The molecule has 2 heterocycles. The molecule has 3 rings (SSSR count). The largest absolute Gasteiger partial charge is 0.323 e. The second kappa shape index (κ2) is 6.07. The lowest BCUT2D eigenvalue weighted by Crippen LogP contribution is -2.42. The van der Waals surface area contributed by atoms with Crippen LogP contribution in [0.2, 0.25) is 0 Å². The monoisotopic (exact) mass is 304 g/mol. The summed E-state index contributed by atoms with van der Waals surface area (Å²) in [5, 5.41) is 2.97. The van der Waals surface area contributed by atoms with E-state index < -0.39 is 0 Å². The second-order valence-electron chi connectivity index (χ2n) is 6.13. The smallest absolute Gasteiger partial charge is 0.238 e. The highest BCUT2D eigenvalue weighted by Gasteiger charge is 2.23. The standard InChI is InChI=1S/C15H20N4OS/c1-10-6-11(2)8-19(7-10)9-14(20)16-12-4-3-5-13-15(12)18-21-17-13/h3-5,10-11H,6-9H2,1-2H3,(H,16,20). The van der Waals surface area contributed by atoms with Crippen LogP contribution in [0, 0.1) is 11.8 Å². The lowest BCUT2D eigenvalue weighted by atomic mass is 9.92. The predicted molar refractivity (Wildman–Crippen MR) is 85.4 cm³/mol. The lowest BCUT2D eigenvalue weighted by molar-refractivity contribution is -0.117. The molecule has 2 aromatic rings. The molecule has 21 heavy (non-hydrogen) atoms. The molecule has 0 radical (unpaired) electrons. The van der Waals surface area contributed by atoms with E-state index in [-0.39, 0.29) is 5.91 Å². The number of amides is 1. The summed E-state index contributed by atoms with van der Waals surface area (Å²) in [4.78, 5) is 14.5. The summed E-state index contributed by atoms with van der Waals surface area (Å²) < 4.78 is 8.44. The van der Waals surface area contributed by atoms with E-state index in [1.807, 2.05) is 18.2 Å². The number of anilines is 1. The van der Waals surface area contributed by atoms with Crippen molar-refractivity contribution in [2.75, 3.05) is 25.0 Å². The van der Waals surface area contributed by atoms with E-state index in [4.69, 9.17) is 0 Å². The van der Waals surface area contributed by atoms with Crippen LogP contribution in [0.4, 0.5) is 5.69 Å². The molecule has 6 heteroatoms. The zero-order chi connectivity index (χ0) is 14.8. The molecule has 1 aromatic heterocycles. The number of carbonyl (C=O) groups is 1. The van der Waals surface area contributed by atoms with E-state index in [9.17, 15) is 4.79 Å². The van der Waals surface area contributed by atoms with E-state index in [1.165, 1.54) is 18.1 Å². The van der Waals surface area contributed by atoms with Gasteiger partial charge in [-0.3, -0.25) is 9.69 Å². The Morgan fingerprint density at radius 3 is 2.86 bits per heavy atom. The Bertz CT molecular complexity index is 631. The van der Waals surface area contributed by atoms with Crippen molar-refractivity contribution in [1.82, 2.24) is 13.6 Å². The van der Waals surface area contributed by atoms with Crippen LogP contribution in [0.1, 0.15) is 20.3 Å². The average molecular weight is 304 g/mol. The van der Waals surface area contributed by atoms with Crippen LogP contribution < -0.4 is 5.32 Å². The molecule has 1 fully saturated rings. The maximum absolute atomic E-state index is 12.3. The lowest BCUT2D eigenvalue weighted by Gasteiger charge is -2.34. The summed E-state index contributed by atoms with van der Waals surface area (Å²) >= 11 is 1.17. The van der Waals surface area contributed by atoms with E-state index in [0.717, 1.165) is 29.8 Å². The number of piperidine rings is 1. The first-order valence-corrected chi connectivity index (χ1v) is 8.08. The number of nitrogens with one attached hydrogen (secondary N) is 1. The number of hydrogen-bond donors (Lipinski definition) is 1. The number of benzene rings is 1. The molecular weight excluding hydrogens is 284 g/mol. The third kappa shape index (κ3) is 3.39. The minimum absolute atomic E-state index is 0.0248. The van der Waals surface area contributed by atoms with Crippen LogP contribution in [0.15, 0.2) is 18.2 Å². The van der Waals surface area contributed by atoms with Crippen LogP contribution in [-0.4, -0.2) is 39.2 Å². The molecular formula is C15H20N4OS. The Morgan fingerprint density at radius 2 is 2.10 bits per heavy atom. The van der Waals surface area contributed by atoms with Crippen molar-refractivity contribution in [2.45, 2.75) is 20.3 Å². The van der Waals surface area contributed by atoms with E-state index in [0.29, 0.717) is 18.4 Å². The van der Waals surface area contributed by atoms with Crippen LogP contribution in [0.5, 0.6) is 0 Å². The molecule has 0 aliphatic carbocycles. The first-order valence-electron chi connectivity index (χ1n) is 7.35. The Morgan fingerprint density at radius 1 is 1.33 bits per heavy atom. The van der Waals surface area contributed by atoms with E-state index >= 15 is 0 Å². The first kappa shape index (κ1) is 14.4. The predicted octanol–water partition coefficient (Wildman–Crippen LogP) is 2.61. The SMILES string of the molecule is CC1CC(C)CN(CC(=O)Nc2cccc3nsnc23)C1. The number of carbonyl (C=O) groups excluding carboxylic acids is 1. The van der Waals surface area contributed by atoms with E-state index in [2.05, 4.69) is 32.8 Å². The van der Waals surface area contributed by atoms with Crippen LogP contribution in [0.25, 0.3) is 11.0 Å². The van der Waals surface area contributed by atoms with Gasteiger partial charge in [0.05, 0.1) is 24.0 Å². The summed E-state index contributed by atoms with van der Waals surface area (Å²) in [6.07, 6.45) is 1.25. The summed E-state index contributed by atoms with van der Waals surface area (Å²) in [7, 11) is 0. The van der Waals surface area contributed by atoms with Crippen LogP contribution in [0.3, 0.4) is 0 Å². The minimum Gasteiger partial charge on any atom is -0.323 e. The normalized spacial score (nSPS) is 23.3. The van der Waals surface area contributed by atoms with Crippen LogP contribution >= 0.6 is 11.7 Å². The molecule has 2 atom stereocenters. The highest BCUT2D eigenvalue weighted by Crippen LogP contribution is 2.22. The van der Waals surface area contributed by atoms with Crippen molar-refractivity contribution in [2.24, 2.45) is 11.8 Å². The molecule has 1 aliphatic rings. The summed E-state index contributed by atoms with van der Waals surface area (Å²) in [6.45, 7) is 6.95. The van der Waals surface area contributed by atoms with Gasteiger partial charge in [-0.2, -0.15) is 8.75 Å². The molecule has 1 aromatic carbocycles. The summed E-state index contributed by atoms with van der Waals surface area (Å²) in [5.74, 6) is 1.34. The van der Waals surface area contributed by atoms with Gasteiger partial charge in [0, 0.05) is 13.1 Å². The molecule has 1 amide bonds. The molecule has 2 unspecified atom stereocenters. The number of fused-ring (bicyclic) bond motifs is 1. The molecule has 1 N–H and O–H groups in total. The molecule has 5 nitrogen and oxygen atoms in total. The number of likely N-dealkylation sites (tertiary alicyclic amines) is 1. The van der Waals surface area contributed by atoms with Gasteiger partial charge in [0.15, 0.2) is 0 Å². The van der Waals surface area contributed by atoms with Gasteiger partial charge in [0.1, 0.15) is 11.0 Å². The first-order chi connectivity index (χ1) is 10.1. The fourth-order valence-electron chi connectivity index (χ4n) is 3.22. The number of aromatic nitrogens is 2. The maximum atomic E-state index is 12.3. The van der Waals surface area contributed by atoms with E-state index in [1.54, 1.807) is 0 Å². The molecule has 0 bridgehead atoms. The molecule has 0 saturated carbocycles. The van der Waals surface area contributed by atoms with Gasteiger partial charge >= 0.3 is 0 Å². The zero-order valence-corrected chi connectivity index (χ0v) is 13.2. The van der Waals surface area contributed by atoms with Crippen molar-refractivity contribution >= 4 is 34.4 Å². The fraction of sp³-hybridized carbons (Fsp3) is 0.533. The van der Waals surface area contributed by atoms with Crippen molar-refractivity contribution < 1.29 is 4.79 Å². The van der Waals surface area contributed by atoms with Gasteiger partial charge < -0.3 is 5.32 Å². The maximum Gasteiger partial charge on any atom is 0.238 e. The van der Waals surface area contributed by atoms with Crippen LogP contribution in [-0.2, 0) is 4.79 Å². The fourth-order valence-corrected chi connectivity index (χ4v) is 3.77. The van der Waals surface area contributed by atoms with Gasteiger partial charge in [-0.15, -0.1) is 0 Å². The Labute approximate surface area is 128 Å². The minimum atomic E-state index is 0.0248. The van der Waals surface area contributed by atoms with Crippen molar-refractivity contribution in [1.29, 1.82) is 0 Å². The number of rotatable bonds is 3. The summed E-state index contributed by atoms with van der Waals surface area (Å²) in [6, 6.07) is 5.68. The van der Waals surface area contributed by atoms with Gasteiger partial charge in [-0.25, -0.2) is 0 Å². The summed E-state index contributed by atoms with van der Waals surface area (Å²) in [5.41, 5.74) is 2.36. The van der Waals surface area contributed by atoms with Gasteiger partial charge in [0.2, 0.25) is 5.91 Å². The highest BCUT2D eigenvalue weighted by atomic mass is 32.1. The Kier molecular flexibility index (Phi) is 4.17. The Hall–Kier alpha value is -1.53. The van der Waals surface area contributed by atoms with Crippen molar-refractivity contribution in [3.8, 4) is 0 Å². The number of hydrogen-bond acceptors (Lipinski definition) is 5. The highest BCUT2D eigenvalue weighted by molar-refractivity contribution is 7.00. The molecule has 0 spiro atoms. The van der Waals surface area contributed by atoms with Gasteiger partial charge in [-0.05, 0) is 30.4 Å².